The predicted molar refractivity (Wildman–Crippen MR) is 106 cm³/mol. The average Bonchev–Trinajstić information content (AvgIpc) is 3.02. The number of rotatable bonds is 8. The lowest BCUT2D eigenvalue weighted by atomic mass is 9.97. The summed E-state index contributed by atoms with van der Waals surface area (Å²) in [4.78, 5) is 14.4. The van der Waals surface area contributed by atoms with Gasteiger partial charge in [0.25, 0.3) is 0 Å². The van der Waals surface area contributed by atoms with Crippen molar-refractivity contribution in [1.82, 2.24) is 9.21 Å². The van der Waals surface area contributed by atoms with Gasteiger partial charge in [0, 0.05) is 45.6 Å². The van der Waals surface area contributed by atoms with Gasteiger partial charge in [0.05, 0.1) is 18.1 Å². The van der Waals surface area contributed by atoms with Gasteiger partial charge in [0.15, 0.2) is 0 Å². The zero-order valence-electron chi connectivity index (χ0n) is 16.7. The van der Waals surface area contributed by atoms with Crippen molar-refractivity contribution in [2.75, 3.05) is 46.5 Å². The summed E-state index contributed by atoms with van der Waals surface area (Å²) in [5.74, 6) is 1.48. The topological polar surface area (TPSA) is 76.2 Å². The van der Waals surface area contributed by atoms with Gasteiger partial charge in [-0.25, -0.2) is 8.42 Å². The summed E-state index contributed by atoms with van der Waals surface area (Å²) in [7, 11) is -1.83. The number of ether oxygens (including phenoxy) is 2. The molecule has 1 unspecified atom stereocenters. The van der Waals surface area contributed by atoms with E-state index in [2.05, 4.69) is 0 Å². The largest absolute Gasteiger partial charge is 0.494 e. The summed E-state index contributed by atoms with van der Waals surface area (Å²) in [6, 6.07) is 6.59. The van der Waals surface area contributed by atoms with E-state index in [1.807, 2.05) is 11.8 Å². The third-order valence-corrected chi connectivity index (χ3v) is 7.43. The Morgan fingerprint density at radius 2 is 1.79 bits per heavy atom. The van der Waals surface area contributed by atoms with Crippen LogP contribution in [0.3, 0.4) is 0 Å². The van der Waals surface area contributed by atoms with Crippen LogP contribution in [-0.2, 0) is 19.6 Å². The van der Waals surface area contributed by atoms with Crippen molar-refractivity contribution >= 4 is 15.9 Å². The molecule has 2 aliphatic rings. The average molecular weight is 411 g/mol. The second-order valence-corrected chi connectivity index (χ2v) is 9.51. The van der Waals surface area contributed by atoms with Crippen LogP contribution in [0.5, 0.6) is 5.75 Å². The van der Waals surface area contributed by atoms with Crippen molar-refractivity contribution in [3.63, 3.8) is 0 Å². The highest BCUT2D eigenvalue weighted by Gasteiger charge is 2.34. The molecule has 3 rings (SSSR count). The van der Waals surface area contributed by atoms with Crippen molar-refractivity contribution < 1.29 is 22.7 Å². The van der Waals surface area contributed by atoms with E-state index in [1.165, 1.54) is 0 Å². The quantitative estimate of drug-likeness (QED) is 0.655. The van der Waals surface area contributed by atoms with E-state index in [9.17, 15) is 13.2 Å². The van der Waals surface area contributed by atoms with E-state index < -0.39 is 10.0 Å². The number of amides is 1. The number of methoxy groups -OCH3 is 1. The molecule has 2 heterocycles. The van der Waals surface area contributed by atoms with Crippen molar-refractivity contribution in [3.05, 3.63) is 24.3 Å². The first-order valence-corrected chi connectivity index (χ1v) is 11.4. The van der Waals surface area contributed by atoms with Crippen LogP contribution < -0.4 is 4.74 Å². The summed E-state index contributed by atoms with van der Waals surface area (Å²) in [6.07, 6.45) is 2.10. The fraction of sp³-hybridized carbons (Fsp3) is 0.650. The van der Waals surface area contributed by atoms with E-state index in [-0.39, 0.29) is 11.8 Å². The van der Waals surface area contributed by atoms with E-state index in [0.717, 1.165) is 25.9 Å². The molecule has 0 bridgehead atoms. The number of hydrogen-bond acceptors (Lipinski definition) is 5. The van der Waals surface area contributed by atoms with Gasteiger partial charge in [-0.2, -0.15) is 4.31 Å². The molecule has 2 aliphatic heterocycles. The molecule has 0 aromatic heterocycles. The maximum Gasteiger partial charge on any atom is 0.243 e. The molecule has 7 nitrogen and oxygen atoms in total. The van der Waals surface area contributed by atoms with Crippen LogP contribution in [0.25, 0.3) is 0 Å². The minimum absolute atomic E-state index is 0.187. The zero-order valence-corrected chi connectivity index (χ0v) is 17.5. The fourth-order valence-electron chi connectivity index (χ4n) is 4.05. The first-order chi connectivity index (χ1) is 13.4. The van der Waals surface area contributed by atoms with Crippen molar-refractivity contribution in [1.29, 1.82) is 0 Å². The van der Waals surface area contributed by atoms with Gasteiger partial charge in [0.1, 0.15) is 5.75 Å². The smallest absolute Gasteiger partial charge is 0.243 e. The summed E-state index contributed by atoms with van der Waals surface area (Å²) in [5, 5.41) is 0. The standard InChI is InChI=1S/C20H30N2O5S/c1-3-27-18-4-6-19(7-5-18)28(24,25)22-10-8-16(9-11-22)13-21-14-17(15-26-2)12-20(21)23/h4-7,16-17H,3,8-15H2,1-2H3. The van der Waals surface area contributed by atoms with E-state index in [0.29, 0.717) is 49.3 Å². The number of carbonyl (C=O) groups excluding carboxylic acids is 1. The molecule has 0 spiro atoms. The monoisotopic (exact) mass is 410 g/mol. The van der Waals surface area contributed by atoms with Crippen molar-refractivity contribution in [2.45, 2.75) is 31.1 Å². The molecule has 0 aliphatic carbocycles. The first-order valence-electron chi connectivity index (χ1n) is 9.93. The molecule has 156 valence electrons. The van der Waals surface area contributed by atoms with Gasteiger partial charge < -0.3 is 14.4 Å². The number of nitrogens with zero attached hydrogens (tertiary/aromatic N) is 2. The van der Waals surface area contributed by atoms with E-state index in [4.69, 9.17) is 9.47 Å². The van der Waals surface area contributed by atoms with Gasteiger partial charge in [-0.3, -0.25) is 4.79 Å². The van der Waals surface area contributed by atoms with Gasteiger partial charge >= 0.3 is 0 Å². The van der Waals surface area contributed by atoms with Gasteiger partial charge in [-0.05, 0) is 49.9 Å². The number of benzene rings is 1. The SMILES string of the molecule is CCOc1ccc(S(=O)(=O)N2CCC(CN3CC(COC)CC3=O)CC2)cc1. The lowest BCUT2D eigenvalue weighted by Crippen LogP contribution is -2.42. The van der Waals surface area contributed by atoms with Crippen LogP contribution in [-0.4, -0.2) is 70.0 Å². The molecule has 2 saturated heterocycles. The molecule has 0 saturated carbocycles. The van der Waals surface area contributed by atoms with Crippen LogP contribution in [0.4, 0.5) is 0 Å². The fourth-order valence-corrected chi connectivity index (χ4v) is 5.51. The Balaban J connectivity index is 1.53. The third-order valence-electron chi connectivity index (χ3n) is 5.52. The summed E-state index contributed by atoms with van der Waals surface area (Å²) >= 11 is 0. The minimum atomic E-state index is -3.49. The molecular weight excluding hydrogens is 380 g/mol. The van der Waals surface area contributed by atoms with Gasteiger partial charge in [-0.1, -0.05) is 0 Å². The number of carbonyl (C=O) groups is 1. The summed E-state index contributed by atoms with van der Waals surface area (Å²) in [5.41, 5.74) is 0. The van der Waals surface area contributed by atoms with Gasteiger partial charge in [0.2, 0.25) is 15.9 Å². The molecule has 0 N–H and O–H groups in total. The Morgan fingerprint density at radius 3 is 2.39 bits per heavy atom. The Morgan fingerprint density at radius 1 is 1.11 bits per heavy atom. The zero-order chi connectivity index (χ0) is 20.1. The molecule has 1 aromatic rings. The molecular formula is C20H30N2O5S. The number of likely N-dealkylation sites (tertiary alicyclic amines) is 1. The number of hydrogen-bond donors (Lipinski definition) is 0. The van der Waals surface area contributed by atoms with Crippen LogP contribution in [0.2, 0.25) is 0 Å². The number of piperidine rings is 1. The lowest BCUT2D eigenvalue weighted by molar-refractivity contribution is -0.128. The summed E-state index contributed by atoms with van der Waals surface area (Å²) < 4.78 is 37.9. The number of sulfonamides is 1. The first kappa shape index (κ1) is 21.1. The highest BCUT2D eigenvalue weighted by Crippen LogP contribution is 2.27. The van der Waals surface area contributed by atoms with E-state index >= 15 is 0 Å². The molecule has 2 fully saturated rings. The van der Waals surface area contributed by atoms with Crippen LogP contribution >= 0.6 is 0 Å². The molecule has 0 radical (unpaired) electrons. The second-order valence-electron chi connectivity index (χ2n) is 7.58. The molecule has 1 aromatic carbocycles. The Hall–Kier alpha value is -1.64. The van der Waals surface area contributed by atoms with Crippen molar-refractivity contribution in [2.24, 2.45) is 11.8 Å². The Labute approximate surface area is 167 Å². The Bertz CT molecular complexity index is 757. The lowest BCUT2D eigenvalue weighted by Gasteiger charge is -2.33. The van der Waals surface area contributed by atoms with Crippen LogP contribution in [0.1, 0.15) is 26.2 Å². The highest BCUT2D eigenvalue weighted by molar-refractivity contribution is 7.89. The molecule has 8 heteroatoms. The normalized spacial score (nSPS) is 22.0. The molecule has 1 atom stereocenters. The molecule has 1 amide bonds. The van der Waals surface area contributed by atoms with Crippen LogP contribution in [0.15, 0.2) is 29.2 Å². The van der Waals surface area contributed by atoms with Gasteiger partial charge in [-0.15, -0.1) is 0 Å². The predicted octanol–water partition coefficient (Wildman–Crippen LogP) is 1.98. The molecule has 28 heavy (non-hydrogen) atoms. The highest BCUT2D eigenvalue weighted by atomic mass is 32.2. The maximum absolute atomic E-state index is 12.9. The maximum atomic E-state index is 12.9. The summed E-state index contributed by atoms with van der Waals surface area (Å²) in [6.45, 7) is 5.50. The van der Waals surface area contributed by atoms with E-state index in [1.54, 1.807) is 35.7 Å². The van der Waals surface area contributed by atoms with Crippen LogP contribution in [0, 0.1) is 11.8 Å². The van der Waals surface area contributed by atoms with Crippen molar-refractivity contribution in [3.8, 4) is 5.75 Å². The second kappa shape index (κ2) is 9.24. The Kier molecular flexibility index (Phi) is 6.95. The minimum Gasteiger partial charge on any atom is -0.494 e. The third kappa shape index (κ3) is 4.85.